The van der Waals surface area contributed by atoms with Crippen LogP contribution in [-0.4, -0.2) is 32.1 Å². The van der Waals surface area contributed by atoms with Gasteiger partial charge in [-0.3, -0.25) is 24.5 Å². The standard InChI is InChI=1S/C12H11NO6S/c1-7(14)20-11(12(16)17)6-10(15)8-4-2-3-5-9(8)13(18)19/h2-5,11H,6H2,1H3,(H,16,17). The summed E-state index contributed by atoms with van der Waals surface area (Å²) >= 11 is 0.516. The molecule has 1 unspecified atom stereocenters. The van der Waals surface area contributed by atoms with Crippen LogP contribution in [0, 0.1) is 10.1 Å². The van der Waals surface area contributed by atoms with Crippen molar-refractivity contribution < 1.29 is 24.4 Å². The number of rotatable bonds is 6. The number of nitro benzene ring substituents is 1. The Kier molecular flexibility index (Phi) is 5.39. The van der Waals surface area contributed by atoms with Crippen molar-refractivity contribution in [1.82, 2.24) is 0 Å². The molecule has 0 fully saturated rings. The molecular weight excluding hydrogens is 286 g/mol. The predicted molar refractivity (Wildman–Crippen MR) is 71.7 cm³/mol. The van der Waals surface area contributed by atoms with Crippen molar-refractivity contribution in [2.24, 2.45) is 0 Å². The molecule has 0 radical (unpaired) electrons. The van der Waals surface area contributed by atoms with Gasteiger partial charge < -0.3 is 5.11 Å². The summed E-state index contributed by atoms with van der Waals surface area (Å²) in [5.74, 6) is -1.99. The number of ketones is 1. The Labute approximate surface area is 118 Å². The van der Waals surface area contributed by atoms with Gasteiger partial charge in [0.2, 0.25) is 0 Å². The van der Waals surface area contributed by atoms with Crippen molar-refractivity contribution in [2.75, 3.05) is 0 Å². The minimum Gasteiger partial charge on any atom is -0.480 e. The molecule has 7 nitrogen and oxygen atoms in total. The number of nitrogens with zero attached hydrogens (tertiary/aromatic N) is 1. The molecule has 0 aliphatic rings. The Morgan fingerprint density at radius 3 is 2.45 bits per heavy atom. The molecule has 0 bridgehead atoms. The average molecular weight is 297 g/mol. The first kappa shape index (κ1) is 15.8. The monoisotopic (exact) mass is 297 g/mol. The molecule has 106 valence electrons. The molecule has 20 heavy (non-hydrogen) atoms. The lowest BCUT2D eigenvalue weighted by Gasteiger charge is -2.09. The second kappa shape index (κ2) is 6.80. The maximum absolute atomic E-state index is 12.0. The Morgan fingerprint density at radius 2 is 1.95 bits per heavy atom. The molecular formula is C12H11NO6S. The number of hydrogen-bond acceptors (Lipinski definition) is 6. The zero-order chi connectivity index (χ0) is 15.3. The maximum atomic E-state index is 12.0. The van der Waals surface area contributed by atoms with Crippen LogP contribution in [0.1, 0.15) is 23.7 Å². The van der Waals surface area contributed by atoms with Gasteiger partial charge in [-0.05, 0) is 6.07 Å². The predicted octanol–water partition coefficient (Wildman–Crippen LogP) is 1.90. The van der Waals surface area contributed by atoms with Crippen molar-refractivity contribution >= 4 is 34.3 Å². The lowest BCUT2D eigenvalue weighted by molar-refractivity contribution is -0.385. The fraction of sp³-hybridized carbons (Fsp3) is 0.250. The molecule has 0 aliphatic carbocycles. The van der Waals surface area contributed by atoms with Crippen LogP contribution in [0.4, 0.5) is 5.69 Å². The smallest absolute Gasteiger partial charge is 0.317 e. The first-order valence-electron chi connectivity index (χ1n) is 5.49. The molecule has 1 N–H and O–H groups in total. The van der Waals surface area contributed by atoms with Crippen LogP contribution in [-0.2, 0) is 9.59 Å². The van der Waals surface area contributed by atoms with Crippen molar-refractivity contribution in [3.8, 4) is 0 Å². The Balaban J connectivity index is 2.98. The molecule has 0 amide bonds. The summed E-state index contributed by atoms with van der Waals surface area (Å²) in [6.45, 7) is 1.19. The number of carboxylic acid groups (broad SMARTS) is 1. The molecule has 1 atom stereocenters. The summed E-state index contributed by atoms with van der Waals surface area (Å²) in [4.78, 5) is 44.0. The molecule has 1 aromatic carbocycles. The number of aliphatic carboxylic acids is 1. The Bertz CT molecular complexity index is 571. The third-order valence-corrected chi connectivity index (χ3v) is 3.34. The number of para-hydroxylation sites is 1. The summed E-state index contributed by atoms with van der Waals surface area (Å²) in [5, 5.41) is 18.1. The number of Topliss-reactive ketones (excluding diaryl/α,β-unsaturated/α-hetero) is 1. The maximum Gasteiger partial charge on any atom is 0.317 e. The van der Waals surface area contributed by atoms with Crippen LogP contribution in [0.15, 0.2) is 24.3 Å². The first-order valence-corrected chi connectivity index (χ1v) is 6.37. The van der Waals surface area contributed by atoms with E-state index in [1.165, 1.54) is 31.2 Å². The second-order valence-corrected chi connectivity index (χ2v) is 5.22. The van der Waals surface area contributed by atoms with Crippen molar-refractivity contribution in [1.29, 1.82) is 0 Å². The van der Waals surface area contributed by atoms with Crippen LogP contribution >= 0.6 is 11.8 Å². The Morgan fingerprint density at radius 1 is 1.35 bits per heavy atom. The molecule has 0 saturated carbocycles. The average Bonchev–Trinajstić information content (AvgIpc) is 2.37. The quantitative estimate of drug-likeness (QED) is 0.484. The number of thioether (sulfide) groups is 1. The third-order valence-electron chi connectivity index (χ3n) is 2.36. The van der Waals surface area contributed by atoms with Gasteiger partial charge in [-0.25, -0.2) is 0 Å². The fourth-order valence-electron chi connectivity index (χ4n) is 1.53. The molecule has 0 spiro atoms. The zero-order valence-electron chi connectivity index (χ0n) is 10.4. The van der Waals surface area contributed by atoms with E-state index in [1.54, 1.807) is 0 Å². The van der Waals surface area contributed by atoms with Gasteiger partial charge in [0.1, 0.15) is 5.25 Å². The highest BCUT2D eigenvalue weighted by atomic mass is 32.2. The summed E-state index contributed by atoms with van der Waals surface area (Å²) in [6.07, 6.45) is -0.482. The minimum absolute atomic E-state index is 0.159. The highest BCUT2D eigenvalue weighted by Gasteiger charge is 2.27. The molecule has 1 rings (SSSR count). The van der Waals surface area contributed by atoms with Gasteiger partial charge in [0.25, 0.3) is 5.69 Å². The number of hydrogen-bond donors (Lipinski definition) is 1. The third kappa shape index (κ3) is 4.16. The van der Waals surface area contributed by atoms with Crippen LogP contribution in [0.3, 0.4) is 0 Å². The van der Waals surface area contributed by atoms with Crippen LogP contribution in [0.25, 0.3) is 0 Å². The van der Waals surface area contributed by atoms with Gasteiger partial charge in [-0.1, -0.05) is 23.9 Å². The first-order chi connectivity index (χ1) is 9.32. The van der Waals surface area contributed by atoms with E-state index in [9.17, 15) is 24.5 Å². The van der Waals surface area contributed by atoms with E-state index in [0.717, 1.165) is 0 Å². The molecule has 0 saturated heterocycles. The van der Waals surface area contributed by atoms with Gasteiger partial charge in [-0.2, -0.15) is 0 Å². The van der Waals surface area contributed by atoms with E-state index in [4.69, 9.17) is 5.11 Å². The number of carbonyl (C=O) groups is 3. The number of nitro groups is 1. The molecule has 8 heteroatoms. The number of carbonyl (C=O) groups excluding carboxylic acids is 2. The van der Waals surface area contributed by atoms with E-state index in [2.05, 4.69) is 0 Å². The van der Waals surface area contributed by atoms with Gasteiger partial charge in [0.05, 0.1) is 10.5 Å². The topological polar surface area (TPSA) is 115 Å². The van der Waals surface area contributed by atoms with E-state index < -0.39 is 33.5 Å². The summed E-state index contributed by atoms with van der Waals surface area (Å²) in [5.41, 5.74) is -0.539. The van der Waals surface area contributed by atoms with Crippen LogP contribution in [0.2, 0.25) is 0 Å². The molecule has 0 aliphatic heterocycles. The SMILES string of the molecule is CC(=O)SC(CC(=O)c1ccccc1[N+](=O)[O-])C(=O)O. The second-order valence-electron chi connectivity index (χ2n) is 3.84. The summed E-state index contributed by atoms with van der Waals surface area (Å²) < 4.78 is 0. The lowest BCUT2D eigenvalue weighted by atomic mass is 10.0. The highest BCUT2D eigenvalue weighted by molar-refractivity contribution is 8.14. The molecule has 1 aromatic rings. The van der Waals surface area contributed by atoms with Gasteiger partial charge in [-0.15, -0.1) is 0 Å². The fourth-order valence-corrected chi connectivity index (χ4v) is 2.26. The van der Waals surface area contributed by atoms with E-state index in [0.29, 0.717) is 11.8 Å². The largest absolute Gasteiger partial charge is 0.480 e. The van der Waals surface area contributed by atoms with Crippen LogP contribution in [0.5, 0.6) is 0 Å². The molecule has 0 aromatic heterocycles. The van der Waals surface area contributed by atoms with E-state index in [1.807, 2.05) is 0 Å². The Hall–Kier alpha value is -2.22. The van der Waals surface area contributed by atoms with Crippen molar-refractivity contribution in [3.63, 3.8) is 0 Å². The summed E-state index contributed by atoms with van der Waals surface area (Å²) in [6, 6.07) is 5.29. The van der Waals surface area contributed by atoms with Gasteiger partial charge >= 0.3 is 5.97 Å². The number of benzene rings is 1. The minimum atomic E-state index is -1.31. The van der Waals surface area contributed by atoms with E-state index in [-0.39, 0.29) is 11.3 Å². The van der Waals surface area contributed by atoms with Gasteiger partial charge in [0, 0.05) is 19.4 Å². The highest BCUT2D eigenvalue weighted by Crippen LogP contribution is 2.23. The molecule has 0 heterocycles. The number of carboxylic acids is 1. The lowest BCUT2D eigenvalue weighted by Crippen LogP contribution is -2.22. The van der Waals surface area contributed by atoms with Gasteiger partial charge in [0.15, 0.2) is 10.9 Å². The zero-order valence-corrected chi connectivity index (χ0v) is 11.3. The van der Waals surface area contributed by atoms with Crippen molar-refractivity contribution in [3.05, 3.63) is 39.9 Å². The van der Waals surface area contributed by atoms with Crippen LogP contribution < -0.4 is 0 Å². The van der Waals surface area contributed by atoms with E-state index >= 15 is 0 Å². The summed E-state index contributed by atoms with van der Waals surface area (Å²) in [7, 11) is 0. The normalized spacial score (nSPS) is 11.7. The van der Waals surface area contributed by atoms with Crippen molar-refractivity contribution in [2.45, 2.75) is 18.6 Å².